The van der Waals surface area contributed by atoms with Gasteiger partial charge in [0.15, 0.2) is 11.5 Å². The van der Waals surface area contributed by atoms with E-state index in [9.17, 15) is 0 Å². The van der Waals surface area contributed by atoms with Crippen LogP contribution in [0, 0.1) is 0 Å². The topological polar surface area (TPSA) is 42.9 Å². The minimum atomic E-state index is 0.631. The van der Waals surface area contributed by atoms with Crippen LogP contribution in [-0.2, 0) is 19.4 Å². The van der Waals surface area contributed by atoms with Crippen molar-refractivity contribution < 1.29 is 9.47 Å². The van der Waals surface area contributed by atoms with Crippen molar-refractivity contribution >= 4 is 5.71 Å². The molecule has 1 N–H and O–H groups in total. The molecule has 25 heavy (non-hydrogen) atoms. The second kappa shape index (κ2) is 9.11. The Hall–Kier alpha value is -2.49. The maximum atomic E-state index is 5.34. The third-order valence-electron chi connectivity index (χ3n) is 4.26. The molecule has 0 unspecified atom stereocenters. The van der Waals surface area contributed by atoms with Crippen molar-refractivity contribution in [1.29, 1.82) is 0 Å². The Balaban J connectivity index is 2.09. The number of hydrogen-bond donors (Lipinski definition) is 1. The van der Waals surface area contributed by atoms with Gasteiger partial charge in [-0.05, 0) is 66.3 Å². The van der Waals surface area contributed by atoms with Gasteiger partial charge in [-0.15, -0.1) is 0 Å². The van der Waals surface area contributed by atoms with Crippen LogP contribution in [-0.4, -0.2) is 19.9 Å². The van der Waals surface area contributed by atoms with E-state index in [4.69, 9.17) is 9.47 Å². The maximum absolute atomic E-state index is 5.34. The van der Waals surface area contributed by atoms with Crippen LogP contribution in [0.5, 0.6) is 11.5 Å². The van der Waals surface area contributed by atoms with E-state index in [1.165, 1.54) is 16.7 Å². The number of hydrazone groups is 1. The lowest BCUT2D eigenvalue weighted by Crippen LogP contribution is -2.10. The van der Waals surface area contributed by atoms with Crippen LogP contribution in [0.2, 0.25) is 0 Å². The molecule has 0 fully saturated rings. The lowest BCUT2D eigenvalue weighted by Gasteiger charge is -2.10. The standard InChI is InChI=1S/C21H28N2O2/c1-6-16-10-17(7-2)12-19(11-16)15(3)23-22-14-18-8-9-20(24-4)21(13-18)25-5/h8-13,22H,6-7,14H2,1-5H3/b23-15-. The second-order valence-electron chi connectivity index (χ2n) is 5.97. The summed E-state index contributed by atoms with van der Waals surface area (Å²) in [6.07, 6.45) is 2.07. The molecule has 0 spiro atoms. The molecule has 2 rings (SSSR count). The fourth-order valence-electron chi connectivity index (χ4n) is 2.68. The Morgan fingerprint density at radius 2 is 1.52 bits per heavy atom. The molecule has 4 heteroatoms. The molecule has 2 aromatic carbocycles. The van der Waals surface area contributed by atoms with Crippen molar-refractivity contribution in [2.75, 3.05) is 14.2 Å². The minimum Gasteiger partial charge on any atom is -0.493 e. The van der Waals surface area contributed by atoms with E-state index in [2.05, 4.69) is 42.6 Å². The van der Waals surface area contributed by atoms with Gasteiger partial charge in [-0.2, -0.15) is 5.10 Å². The van der Waals surface area contributed by atoms with Gasteiger partial charge in [-0.25, -0.2) is 0 Å². The van der Waals surface area contributed by atoms with Gasteiger partial charge < -0.3 is 14.9 Å². The van der Waals surface area contributed by atoms with Crippen LogP contribution >= 0.6 is 0 Å². The quantitative estimate of drug-likeness (QED) is 0.574. The number of rotatable bonds is 8. The predicted molar refractivity (Wildman–Crippen MR) is 104 cm³/mol. The summed E-state index contributed by atoms with van der Waals surface area (Å²) in [5.74, 6) is 1.46. The minimum absolute atomic E-state index is 0.631. The molecule has 0 radical (unpaired) electrons. The fourth-order valence-corrected chi connectivity index (χ4v) is 2.68. The molecule has 0 aromatic heterocycles. The van der Waals surface area contributed by atoms with Gasteiger partial charge in [0.05, 0.1) is 26.5 Å². The molecule has 0 atom stereocenters. The van der Waals surface area contributed by atoms with Gasteiger partial charge in [0.25, 0.3) is 0 Å². The highest BCUT2D eigenvalue weighted by Crippen LogP contribution is 2.27. The SMILES string of the molecule is CCc1cc(CC)cc(/C(C)=N\NCc2ccc(OC)c(OC)c2)c1. The Morgan fingerprint density at radius 3 is 2.08 bits per heavy atom. The van der Waals surface area contributed by atoms with Crippen LogP contribution < -0.4 is 14.9 Å². The van der Waals surface area contributed by atoms with Crippen LogP contribution in [0.4, 0.5) is 0 Å². The van der Waals surface area contributed by atoms with E-state index in [1.807, 2.05) is 25.1 Å². The smallest absolute Gasteiger partial charge is 0.161 e. The van der Waals surface area contributed by atoms with E-state index < -0.39 is 0 Å². The number of aryl methyl sites for hydroxylation is 2. The molecule has 0 saturated heterocycles. The number of nitrogens with one attached hydrogen (secondary N) is 1. The molecule has 0 amide bonds. The van der Waals surface area contributed by atoms with Crippen molar-refractivity contribution in [3.8, 4) is 11.5 Å². The first-order valence-electron chi connectivity index (χ1n) is 8.72. The molecule has 0 heterocycles. The summed E-state index contributed by atoms with van der Waals surface area (Å²) in [6.45, 7) is 7.03. The highest BCUT2D eigenvalue weighted by atomic mass is 16.5. The normalized spacial score (nSPS) is 11.3. The van der Waals surface area contributed by atoms with E-state index in [-0.39, 0.29) is 0 Å². The summed E-state index contributed by atoms with van der Waals surface area (Å²) in [7, 11) is 3.28. The summed E-state index contributed by atoms with van der Waals surface area (Å²) >= 11 is 0. The first-order chi connectivity index (χ1) is 12.1. The van der Waals surface area contributed by atoms with Crippen LogP contribution in [0.25, 0.3) is 0 Å². The predicted octanol–water partition coefficient (Wildman–Crippen LogP) is 4.34. The molecular weight excluding hydrogens is 312 g/mol. The molecule has 2 aromatic rings. The highest BCUT2D eigenvalue weighted by molar-refractivity contribution is 5.98. The number of nitrogens with zero attached hydrogens (tertiary/aromatic N) is 1. The zero-order valence-corrected chi connectivity index (χ0v) is 15.8. The molecule has 0 saturated carbocycles. The first kappa shape index (κ1) is 18.8. The van der Waals surface area contributed by atoms with Crippen molar-refractivity contribution in [2.45, 2.75) is 40.2 Å². The molecule has 0 bridgehead atoms. The summed E-state index contributed by atoms with van der Waals surface area (Å²) in [6, 6.07) is 12.6. The second-order valence-corrected chi connectivity index (χ2v) is 5.97. The number of benzene rings is 2. The van der Waals surface area contributed by atoms with Crippen molar-refractivity contribution in [2.24, 2.45) is 5.10 Å². The van der Waals surface area contributed by atoms with Crippen molar-refractivity contribution in [1.82, 2.24) is 5.43 Å². The van der Waals surface area contributed by atoms with Crippen molar-refractivity contribution in [3.05, 3.63) is 58.7 Å². The summed E-state index contributed by atoms with van der Waals surface area (Å²) < 4.78 is 10.6. The largest absolute Gasteiger partial charge is 0.493 e. The van der Waals surface area contributed by atoms with Crippen LogP contribution in [0.1, 0.15) is 43.0 Å². The fraction of sp³-hybridized carbons (Fsp3) is 0.381. The average molecular weight is 340 g/mol. The molecular formula is C21H28N2O2. The summed E-state index contributed by atoms with van der Waals surface area (Å²) in [4.78, 5) is 0. The summed E-state index contributed by atoms with van der Waals surface area (Å²) in [5, 5.41) is 4.53. The average Bonchev–Trinajstić information content (AvgIpc) is 2.67. The van der Waals surface area contributed by atoms with Crippen LogP contribution in [0.15, 0.2) is 41.5 Å². The number of hydrogen-bond acceptors (Lipinski definition) is 4. The first-order valence-corrected chi connectivity index (χ1v) is 8.72. The zero-order chi connectivity index (χ0) is 18.2. The zero-order valence-electron chi connectivity index (χ0n) is 15.8. The molecule has 0 aliphatic carbocycles. The molecule has 0 aliphatic rings. The van der Waals surface area contributed by atoms with Gasteiger partial charge in [-0.1, -0.05) is 26.0 Å². The van der Waals surface area contributed by atoms with Crippen LogP contribution in [0.3, 0.4) is 0 Å². The molecule has 134 valence electrons. The van der Waals surface area contributed by atoms with Gasteiger partial charge >= 0.3 is 0 Å². The van der Waals surface area contributed by atoms with E-state index in [1.54, 1.807) is 14.2 Å². The Labute approximate surface area is 150 Å². The number of methoxy groups -OCH3 is 2. The highest BCUT2D eigenvalue weighted by Gasteiger charge is 2.05. The third-order valence-corrected chi connectivity index (χ3v) is 4.26. The number of ether oxygens (including phenoxy) is 2. The summed E-state index contributed by atoms with van der Waals surface area (Å²) in [5.41, 5.74) is 9.11. The lowest BCUT2D eigenvalue weighted by atomic mass is 10.0. The molecule has 0 aliphatic heterocycles. The van der Waals surface area contributed by atoms with Crippen molar-refractivity contribution in [3.63, 3.8) is 0 Å². The van der Waals surface area contributed by atoms with E-state index in [0.29, 0.717) is 6.54 Å². The Morgan fingerprint density at radius 1 is 0.880 bits per heavy atom. The van der Waals surface area contributed by atoms with E-state index in [0.717, 1.165) is 35.6 Å². The monoisotopic (exact) mass is 340 g/mol. The van der Waals surface area contributed by atoms with Gasteiger partial charge in [0.2, 0.25) is 0 Å². The Kier molecular flexibility index (Phi) is 6.87. The Bertz CT molecular complexity index is 716. The van der Waals surface area contributed by atoms with Gasteiger partial charge in [-0.3, -0.25) is 0 Å². The molecule has 4 nitrogen and oxygen atoms in total. The van der Waals surface area contributed by atoms with Gasteiger partial charge in [0.1, 0.15) is 0 Å². The van der Waals surface area contributed by atoms with Gasteiger partial charge in [0, 0.05) is 0 Å². The lowest BCUT2D eigenvalue weighted by molar-refractivity contribution is 0.354. The third kappa shape index (κ3) is 4.99. The maximum Gasteiger partial charge on any atom is 0.161 e. The van der Waals surface area contributed by atoms with E-state index >= 15 is 0 Å².